The van der Waals surface area contributed by atoms with Gasteiger partial charge in [-0.1, -0.05) is 22.0 Å². The molecular formula is C14H10BrClFN3. The largest absolute Gasteiger partial charge is 0.340 e. The number of rotatable bonds is 2. The molecule has 0 atom stereocenters. The molecule has 1 heterocycles. The van der Waals surface area contributed by atoms with Gasteiger partial charge in [0.15, 0.2) is 0 Å². The molecule has 0 unspecified atom stereocenters. The van der Waals surface area contributed by atoms with E-state index in [1.165, 1.54) is 18.5 Å². The highest BCUT2D eigenvalue weighted by Gasteiger charge is 2.05. The topological polar surface area (TPSA) is 37.8 Å². The third-order valence-corrected chi connectivity index (χ3v) is 3.18. The molecule has 0 saturated heterocycles. The summed E-state index contributed by atoms with van der Waals surface area (Å²) in [7, 11) is 0. The van der Waals surface area contributed by atoms with Crippen molar-refractivity contribution in [2.75, 3.05) is 5.32 Å². The van der Waals surface area contributed by atoms with Crippen LogP contribution in [0.3, 0.4) is 0 Å². The maximum atomic E-state index is 13.2. The van der Waals surface area contributed by atoms with Gasteiger partial charge in [-0.15, -0.1) is 12.4 Å². The predicted molar refractivity (Wildman–Crippen MR) is 84.2 cm³/mol. The summed E-state index contributed by atoms with van der Waals surface area (Å²) in [6.45, 7) is 0. The molecule has 102 valence electrons. The monoisotopic (exact) mass is 353 g/mol. The number of aromatic nitrogens is 2. The van der Waals surface area contributed by atoms with Gasteiger partial charge in [-0.25, -0.2) is 14.4 Å². The third-order valence-electron chi connectivity index (χ3n) is 2.68. The lowest BCUT2D eigenvalue weighted by Crippen LogP contribution is -1.96. The van der Waals surface area contributed by atoms with E-state index in [4.69, 9.17) is 0 Å². The van der Waals surface area contributed by atoms with Crippen molar-refractivity contribution in [3.8, 4) is 0 Å². The number of hydrogen-bond acceptors (Lipinski definition) is 3. The second-order valence-corrected chi connectivity index (χ2v) is 4.93. The van der Waals surface area contributed by atoms with Crippen molar-refractivity contribution in [1.29, 1.82) is 0 Å². The molecule has 0 spiro atoms. The molecule has 0 saturated carbocycles. The van der Waals surface area contributed by atoms with Crippen LogP contribution in [-0.4, -0.2) is 9.97 Å². The zero-order valence-electron chi connectivity index (χ0n) is 10.2. The highest BCUT2D eigenvalue weighted by Crippen LogP contribution is 2.25. The van der Waals surface area contributed by atoms with E-state index >= 15 is 0 Å². The Morgan fingerprint density at radius 2 is 1.90 bits per heavy atom. The van der Waals surface area contributed by atoms with Gasteiger partial charge in [-0.2, -0.15) is 0 Å². The fraction of sp³-hybridized carbons (Fsp3) is 0. The summed E-state index contributed by atoms with van der Waals surface area (Å²) in [6.07, 6.45) is 1.48. The van der Waals surface area contributed by atoms with Crippen LogP contribution in [-0.2, 0) is 0 Å². The van der Waals surface area contributed by atoms with E-state index in [-0.39, 0.29) is 18.2 Å². The molecule has 0 amide bonds. The summed E-state index contributed by atoms with van der Waals surface area (Å²) in [4.78, 5) is 8.40. The van der Waals surface area contributed by atoms with Crippen LogP contribution in [0.15, 0.2) is 53.3 Å². The van der Waals surface area contributed by atoms with Crippen molar-refractivity contribution >= 4 is 50.7 Å². The summed E-state index contributed by atoms with van der Waals surface area (Å²) in [5.41, 5.74) is 1.48. The Bertz CT molecular complexity index is 751. The summed E-state index contributed by atoms with van der Waals surface area (Å²) in [5, 5.41) is 3.98. The molecule has 3 nitrogen and oxygen atoms in total. The molecular weight excluding hydrogens is 345 g/mol. The molecule has 6 heteroatoms. The van der Waals surface area contributed by atoms with Crippen LogP contribution in [0.2, 0.25) is 0 Å². The van der Waals surface area contributed by atoms with Crippen LogP contribution < -0.4 is 5.32 Å². The molecule has 2 aromatic carbocycles. The number of nitrogens with zero attached hydrogens (tertiary/aromatic N) is 2. The molecule has 1 N–H and O–H groups in total. The van der Waals surface area contributed by atoms with E-state index in [1.54, 1.807) is 12.1 Å². The van der Waals surface area contributed by atoms with Gasteiger partial charge >= 0.3 is 0 Å². The van der Waals surface area contributed by atoms with Crippen molar-refractivity contribution in [2.45, 2.75) is 0 Å². The lowest BCUT2D eigenvalue weighted by molar-refractivity contribution is 0.628. The zero-order chi connectivity index (χ0) is 13.2. The van der Waals surface area contributed by atoms with Crippen molar-refractivity contribution < 1.29 is 4.39 Å². The summed E-state index contributed by atoms with van der Waals surface area (Å²) < 4.78 is 14.1. The molecule has 20 heavy (non-hydrogen) atoms. The van der Waals surface area contributed by atoms with E-state index in [0.29, 0.717) is 11.5 Å². The van der Waals surface area contributed by atoms with E-state index in [1.807, 2.05) is 18.2 Å². The van der Waals surface area contributed by atoms with E-state index in [2.05, 4.69) is 31.2 Å². The molecule has 0 aliphatic carbocycles. The average molecular weight is 355 g/mol. The van der Waals surface area contributed by atoms with Gasteiger partial charge in [0.25, 0.3) is 0 Å². The quantitative estimate of drug-likeness (QED) is 0.725. The minimum atomic E-state index is -0.287. The standard InChI is InChI=1S/C14H9BrFN3.ClH/c15-9-4-5-13-12(6-9)14(18-8-17-13)19-11-3-1-2-10(16)7-11;/h1-8H,(H,17,18,19);1H. The Morgan fingerprint density at radius 1 is 1.05 bits per heavy atom. The van der Waals surface area contributed by atoms with E-state index < -0.39 is 0 Å². The average Bonchev–Trinajstić information content (AvgIpc) is 2.39. The minimum Gasteiger partial charge on any atom is -0.340 e. The lowest BCUT2D eigenvalue weighted by atomic mass is 10.2. The normalized spacial score (nSPS) is 10.1. The zero-order valence-corrected chi connectivity index (χ0v) is 12.6. The Hall–Kier alpha value is -1.72. The Balaban J connectivity index is 0.00000147. The number of benzene rings is 2. The van der Waals surface area contributed by atoms with Gasteiger partial charge in [-0.3, -0.25) is 0 Å². The first-order valence-electron chi connectivity index (χ1n) is 5.65. The van der Waals surface area contributed by atoms with Gasteiger partial charge in [0.2, 0.25) is 0 Å². The molecule has 1 aromatic heterocycles. The van der Waals surface area contributed by atoms with Gasteiger partial charge < -0.3 is 5.32 Å². The van der Waals surface area contributed by atoms with Crippen LogP contribution in [0.1, 0.15) is 0 Å². The first-order chi connectivity index (χ1) is 9.22. The number of anilines is 2. The van der Waals surface area contributed by atoms with Crippen LogP contribution >= 0.6 is 28.3 Å². The summed E-state index contributed by atoms with van der Waals surface area (Å²) >= 11 is 3.42. The fourth-order valence-corrected chi connectivity index (χ4v) is 2.19. The highest BCUT2D eigenvalue weighted by molar-refractivity contribution is 9.10. The van der Waals surface area contributed by atoms with Crippen molar-refractivity contribution in [1.82, 2.24) is 9.97 Å². The molecule has 0 bridgehead atoms. The lowest BCUT2D eigenvalue weighted by Gasteiger charge is -2.08. The maximum Gasteiger partial charge on any atom is 0.141 e. The molecule has 0 radical (unpaired) electrons. The first kappa shape index (κ1) is 14.7. The summed E-state index contributed by atoms with van der Waals surface area (Å²) in [6, 6.07) is 12.0. The SMILES string of the molecule is Cl.Fc1cccc(Nc2ncnc3ccc(Br)cc23)c1. The maximum absolute atomic E-state index is 13.2. The van der Waals surface area contributed by atoms with Crippen molar-refractivity contribution in [3.05, 3.63) is 59.1 Å². The second kappa shape index (κ2) is 6.15. The van der Waals surface area contributed by atoms with Crippen molar-refractivity contribution in [3.63, 3.8) is 0 Å². The predicted octanol–water partition coefficient (Wildman–Crippen LogP) is 4.70. The summed E-state index contributed by atoms with van der Waals surface area (Å²) in [5.74, 6) is 0.362. The Kier molecular flexibility index (Phi) is 4.52. The van der Waals surface area contributed by atoms with Crippen LogP contribution in [0.5, 0.6) is 0 Å². The van der Waals surface area contributed by atoms with Crippen LogP contribution in [0.25, 0.3) is 10.9 Å². The van der Waals surface area contributed by atoms with Gasteiger partial charge in [0, 0.05) is 15.5 Å². The fourth-order valence-electron chi connectivity index (χ4n) is 1.83. The number of fused-ring (bicyclic) bond motifs is 1. The van der Waals surface area contributed by atoms with E-state index in [0.717, 1.165) is 15.4 Å². The van der Waals surface area contributed by atoms with Crippen LogP contribution in [0.4, 0.5) is 15.9 Å². The number of nitrogens with one attached hydrogen (secondary N) is 1. The smallest absolute Gasteiger partial charge is 0.141 e. The van der Waals surface area contributed by atoms with Gasteiger partial charge in [0.05, 0.1) is 5.52 Å². The highest BCUT2D eigenvalue weighted by atomic mass is 79.9. The van der Waals surface area contributed by atoms with Gasteiger partial charge in [0.1, 0.15) is 18.0 Å². The molecule has 0 aliphatic rings. The number of halogens is 3. The van der Waals surface area contributed by atoms with Gasteiger partial charge in [-0.05, 0) is 36.4 Å². The molecule has 0 fully saturated rings. The molecule has 0 aliphatic heterocycles. The minimum absolute atomic E-state index is 0. The Labute approximate surface area is 129 Å². The molecule has 3 rings (SSSR count). The second-order valence-electron chi connectivity index (χ2n) is 4.02. The third kappa shape index (κ3) is 3.05. The molecule has 3 aromatic rings. The van der Waals surface area contributed by atoms with Crippen LogP contribution in [0, 0.1) is 5.82 Å². The Morgan fingerprint density at radius 3 is 2.70 bits per heavy atom. The van der Waals surface area contributed by atoms with Crippen molar-refractivity contribution in [2.24, 2.45) is 0 Å². The first-order valence-corrected chi connectivity index (χ1v) is 6.44. The van der Waals surface area contributed by atoms with E-state index in [9.17, 15) is 4.39 Å². The number of hydrogen-bond donors (Lipinski definition) is 1.